The molecule has 1 aliphatic rings. The maximum atomic E-state index is 13.0. The zero-order valence-corrected chi connectivity index (χ0v) is 12.0. The van der Waals surface area contributed by atoms with Gasteiger partial charge in [-0.05, 0) is 18.1 Å². The summed E-state index contributed by atoms with van der Waals surface area (Å²) in [7, 11) is 0. The Bertz CT molecular complexity index is 506. The summed E-state index contributed by atoms with van der Waals surface area (Å²) < 4.78 is 38.9. The average molecular weight is 357 g/mol. The van der Waals surface area contributed by atoms with Gasteiger partial charge in [-0.2, -0.15) is 13.2 Å². The van der Waals surface area contributed by atoms with Crippen molar-refractivity contribution in [2.75, 3.05) is 16.8 Å². The molecule has 1 unspecified atom stereocenters. The Morgan fingerprint density at radius 3 is 2.63 bits per heavy atom. The number of benzene rings is 1. The Kier molecular flexibility index (Phi) is 4.11. The van der Waals surface area contributed by atoms with E-state index in [1.54, 1.807) is 0 Å². The number of anilines is 1. The fourth-order valence-corrected chi connectivity index (χ4v) is 2.83. The molecule has 1 aliphatic heterocycles. The van der Waals surface area contributed by atoms with Crippen molar-refractivity contribution in [3.05, 3.63) is 28.8 Å². The largest absolute Gasteiger partial charge is 0.418 e. The number of hydrogen-bond donors (Lipinski definition) is 0. The van der Waals surface area contributed by atoms with Crippen molar-refractivity contribution in [2.45, 2.75) is 12.6 Å². The summed E-state index contributed by atoms with van der Waals surface area (Å²) in [5.41, 5.74) is -1.10. The van der Waals surface area contributed by atoms with E-state index < -0.39 is 11.7 Å². The number of hydrogen-bond acceptors (Lipinski definition) is 1. The first kappa shape index (κ1) is 14.7. The molecule has 19 heavy (non-hydrogen) atoms. The fraction of sp³-hybridized carbons (Fsp3) is 0.417. The second-order valence-corrected chi connectivity index (χ2v) is 5.42. The molecule has 1 heterocycles. The van der Waals surface area contributed by atoms with Crippen LogP contribution in [0.5, 0.6) is 0 Å². The third-order valence-corrected chi connectivity index (χ3v) is 4.21. The molecule has 2 rings (SSSR count). The standard InChI is InChI=1S/C12H10BrClF3NO/c13-5-7-4-10(19)18(6-7)11-8(12(15,16)17)2-1-3-9(11)14/h1-3,7H,4-6H2. The van der Waals surface area contributed by atoms with Gasteiger partial charge in [-0.25, -0.2) is 0 Å². The van der Waals surface area contributed by atoms with Gasteiger partial charge in [0.25, 0.3) is 0 Å². The van der Waals surface area contributed by atoms with Gasteiger partial charge < -0.3 is 4.90 Å². The number of carbonyl (C=O) groups is 1. The molecule has 2 nitrogen and oxygen atoms in total. The summed E-state index contributed by atoms with van der Waals surface area (Å²) in [5.74, 6) is -0.326. The molecule has 1 atom stereocenters. The molecule has 7 heteroatoms. The lowest BCUT2D eigenvalue weighted by Crippen LogP contribution is -2.27. The van der Waals surface area contributed by atoms with E-state index in [0.717, 1.165) is 11.0 Å². The Morgan fingerprint density at radius 2 is 2.11 bits per heavy atom. The zero-order chi connectivity index (χ0) is 14.2. The minimum atomic E-state index is -4.53. The van der Waals surface area contributed by atoms with Crippen molar-refractivity contribution in [2.24, 2.45) is 5.92 Å². The van der Waals surface area contributed by atoms with Crippen LogP contribution in [-0.2, 0) is 11.0 Å². The topological polar surface area (TPSA) is 20.3 Å². The van der Waals surface area contributed by atoms with Crippen LogP contribution in [0.2, 0.25) is 5.02 Å². The Labute approximate surface area is 121 Å². The molecule has 0 aliphatic carbocycles. The van der Waals surface area contributed by atoms with Gasteiger partial charge in [0.05, 0.1) is 16.3 Å². The number of para-hydroxylation sites is 1. The van der Waals surface area contributed by atoms with Crippen LogP contribution in [0, 0.1) is 5.92 Å². The van der Waals surface area contributed by atoms with Gasteiger partial charge in [0, 0.05) is 18.3 Å². The maximum Gasteiger partial charge on any atom is 0.418 e. The van der Waals surface area contributed by atoms with Gasteiger partial charge in [0.2, 0.25) is 5.91 Å². The third-order valence-electron chi connectivity index (χ3n) is 2.99. The van der Waals surface area contributed by atoms with Crippen LogP contribution in [0.15, 0.2) is 18.2 Å². The molecule has 0 radical (unpaired) electrons. The molecule has 0 saturated carbocycles. The van der Waals surface area contributed by atoms with Crippen LogP contribution in [0.3, 0.4) is 0 Å². The number of halogens is 5. The van der Waals surface area contributed by atoms with E-state index in [0.29, 0.717) is 5.33 Å². The van der Waals surface area contributed by atoms with Crippen LogP contribution in [-0.4, -0.2) is 17.8 Å². The number of alkyl halides is 4. The molecular formula is C12H10BrClF3NO. The van der Waals surface area contributed by atoms with Gasteiger partial charge in [-0.3, -0.25) is 4.79 Å². The van der Waals surface area contributed by atoms with Gasteiger partial charge in [-0.1, -0.05) is 33.6 Å². The van der Waals surface area contributed by atoms with E-state index in [1.165, 1.54) is 12.1 Å². The van der Waals surface area contributed by atoms with E-state index in [9.17, 15) is 18.0 Å². The minimum Gasteiger partial charge on any atom is -0.310 e. The quantitative estimate of drug-likeness (QED) is 0.730. The van der Waals surface area contributed by atoms with Gasteiger partial charge in [0.1, 0.15) is 0 Å². The highest BCUT2D eigenvalue weighted by Gasteiger charge is 2.40. The van der Waals surface area contributed by atoms with E-state index >= 15 is 0 Å². The monoisotopic (exact) mass is 355 g/mol. The summed E-state index contributed by atoms with van der Waals surface area (Å²) in [5, 5.41) is 0.513. The molecule has 1 aromatic rings. The molecule has 0 bridgehead atoms. The summed E-state index contributed by atoms with van der Waals surface area (Å²) in [6, 6.07) is 3.54. The minimum absolute atomic E-state index is 0.00450. The molecule has 1 saturated heterocycles. The predicted octanol–water partition coefficient (Wildman–Crippen LogP) is 4.11. The van der Waals surface area contributed by atoms with E-state index in [2.05, 4.69) is 15.9 Å². The van der Waals surface area contributed by atoms with Crippen molar-refractivity contribution in [3.8, 4) is 0 Å². The van der Waals surface area contributed by atoms with Crippen LogP contribution in [0.25, 0.3) is 0 Å². The molecule has 0 spiro atoms. The smallest absolute Gasteiger partial charge is 0.310 e. The highest BCUT2D eigenvalue weighted by molar-refractivity contribution is 9.09. The molecule has 1 fully saturated rings. The lowest BCUT2D eigenvalue weighted by atomic mass is 10.1. The molecule has 1 amide bonds. The number of rotatable bonds is 2. The predicted molar refractivity (Wildman–Crippen MR) is 70.7 cm³/mol. The van der Waals surface area contributed by atoms with Gasteiger partial charge in [0.15, 0.2) is 0 Å². The second-order valence-electron chi connectivity index (χ2n) is 4.36. The Hall–Kier alpha value is -0.750. The summed E-state index contributed by atoms with van der Waals surface area (Å²) >= 11 is 9.11. The summed E-state index contributed by atoms with van der Waals surface area (Å²) in [6.45, 7) is 0.247. The lowest BCUT2D eigenvalue weighted by molar-refractivity contribution is -0.137. The number of amides is 1. The normalized spacial score (nSPS) is 20.2. The van der Waals surface area contributed by atoms with E-state index in [1.807, 2.05) is 0 Å². The van der Waals surface area contributed by atoms with E-state index in [4.69, 9.17) is 11.6 Å². The van der Waals surface area contributed by atoms with Crippen molar-refractivity contribution in [1.82, 2.24) is 0 Å². The maximum absolute atomic E-state index is 13.0. The summed E-state index contributed by atoms with van der Waals surface area (Å²) in [4.78, 5) is 13.0. The zero-order valence-electron chi connectivity index (χ0n) is 9.68. The Morgan fingerprint density at radius 1 is 1.42 bits per heavy atom. The highest BCUT2D eigenvalue weighted by atomic mass is 79.9. The molecule has 104 valence electrons. The van der Waals surface area contributed by atoms with Crippen molar-refractivity contribution in [3.63, 3.8) is 0 Å². The third kappa shape index (κ3) is 2.89. The first-order chi connectivity index (χ1) is 8.84. The average Bonchev–Trinajstić information content (AvgIpc) is 2.69. The first-order valence-electron chi connectivity index (χ1n) is 5.56. The SMILES string of the molecule is O=C1CC(CBr)CN1c1c(Cl)cccc1C(F)(F)F. The van der Waals surface area contributed by atoms with Crippen molar-refractivity contribution in [1.29, 1.82) is 0 Å². The molecule has 1 aromatic carbocycles. The van der Waals surface area contributed by atoms with Gasteiger partial charge in [-0.15, -0.1) is 0 Å². The van der Waals surface area contributed by atoms with E-state index in [-0.39, 0.29) is 35.5 Å². The number of nitrogens with zero attached hydrogens (tertiary/aromatic N) is 1. The highest BCUT2D eigenvalue weighted by Crippen LogP contribution is 2.42. The fourth-order valence-electron chi connectivity index (χ4n) is 2.12. The Balaban J connectivity index is 2.48. The second kappa shape index (κ2) is 5.32. The summed E-state index contributed by atoms with van der Waals surface area (Å²) in [6.07, 6.45) is -4.30. The first-order valence-corrected chi connectivity index (χ1v) is 7.06. The molecular weight excluding hydrogens is 346 g/mol. The lowest BCUT2D eigenvalue weighted by Gasteiger charge is -2.22. The van der Waals surface area contributed by atoms with Crippen LogP contribution >= 0.6 is 27.5 Å². The van der Waals surface area contributed by atoms with Crippen molar-refractivity contribution < 1.29 is 18.0 Å². The van der Waals surface area contributed by atoms with Gasteiger partial charge >= 0.3 is 6.18 Å². The molecule has 0 aromatic heterocycles. The van der Waals surface area contributed by atoms with Crippen molar-refractivity contribution >= 4 is 39.1 Å². The van der Waals surface area contributed by atoms with Crippen LogP contribution in [0.4, 0.5) is 18.9 Å². The van der Waals surface area contributed by atoms with Crippen LogP contribution < -0.4 is 4.90 Å². The van der Waals surface area contributed by atoms with Crippen LogP contribution in [0.1, 0.15) is 12.0 Å². The molecule has 0 N–H and O–H groups in total. The number of carbonyl (C=O) groups excluding carboxylic acids is 1.